The van der Waals surface area contributed by atoms with Crippen molar-refractivity contribution >= 4 is 28.5 Å². The number of benzene rings is 3. The molecular weight excluding hydrogens is 448 g/mol. The van der Waals surface area contributed by atoms with Crippen molar-refractivity contribution < 1.29 is 9.21 Å². The molecule has 0 radical (unpaired) electrons. The molecule has 1 aliphatic rings. The predicted molar refractivity (Wildman–Crippen MR) is 137 cm³/mol. The topological polar surface area (TPSA) is 53.8 Å². The van der Waals surface area contributed by atoms with Gasteiger partial charge in [-0.1, -0.05) is 72.8 Å². The van der Waals surface area contributed by atoms with E-state index in [0.717, 1.165) is 38.3 Å². The molecule has 0 aliphatic carbocycles. The van der Waals surface area contributed by atoms with Crippen LogP contribution in [0.3, 0.4) is 0 Å². The summed E-state index contributed by atoms with van der Waals surface area (Å²) >= 11 is 5.55. The molecule has 5 rings (SSSR count). The van der Waals surface area contributed by atoms with Crippen LogP contribution in [0.5, 0.6) is 0 Å². The average Bonchev–Trinajstić information content (AvgIpc) is 2.90. The predicted octanol–water partition coefficient (Wildman–Crippen LogP) is 5.03. The third-order valence-electron chi connectivity index (χ3n) is 5.78. The minimum atomic E-state index is -0.00861. The minimum absolute atomic E-state index is 0.00861. The summed E-state index contributed by atoms with van der Waals surface area (Å²) in [4.78, 5) is 27.5. The maximum atomic E-state index is 11.9. The summed E-state index contributed by atoms with van der Waals surface area (Å²) in [6, 6.07) is 28.9. The second-order valence-electron chi connectivity index (χ2n) is 8.11. The van der Waals surface area contributed by atoms with Crippen LogP contribution >= 0.6 is 11.6 Å². The van der Waals surface area contributed by atoms with E-state index in [4.69, 9.17) is 16.0 Å². The first-order valence-electron chi connectivity index (χ1n) is 11.3. The molecule has 5 nitrogen and oxygen atoms in total. The number of carbonyl (C=O) groups excluding carboxylic acids is 1. The van der Waals surface area contributed by atoms with Crippen LogP contribution in [0.15, 0.2) is 100 Å². The van der Waals surface area contributed by atoms with E-state index in [2.05, 4.69) is 29.2 Å². The molecule has 0 unspecified atom stereocenters. The molecule has 2 heterocycles. The molecule has 174 valence electrons. The van der Waals surface area contributed by atoms with Gasteiger partial charge in [-0.25, -0.2) is 0 Å². The third-order valence-corrected chi connectivity index (χ3v) is 6.01. The van der Waals surface area contributed by atoms with E-state index >= 15 is 0 Å². The van der Waals surface area contributed by atoms with Gasteiger partial charge < -0.3 is 9.32 Å². The summed E-state index contributed by atoms with van der Waals surface area (Å²) in [7, 11) is 0. The molecule has 34 heavy (non-hydrogen) atoms. The van der Waals surface area contributed by atoms with Crippen LogP contribution in [0, 0.1) is 0 Å². The fraction of sp³-hybridized carbons (Fsp3) is 0.214. The Labute approximate surface area is 204 Å². The molecule has 0 saturated carbocycles. The van der Waals surface area contributed by atoms with E-state index in [1.807, 2.05) is 59.5 Å². The van der Waals surface area contributed by atoms with Crippen LogP contribution < -0.4 is 5.43 Å². The Morgan fingerprint density at radius 1 is 0.824 bits per heavy atom. The second kappa shape index (κ2) is 11.6. The molecule has 4 aromatic rings. The van der Waals surface area contributed by atoms with E-state index in [1.165, 1.54) is 11.6 Å². The number of nitrogens with zero attached hydrogens (tertiary/aromatic N) is 2. The van der Waals surface area contributed by atoms with Crippen LogP contribution in [0.1, 0.15) is 5.56 Å². The first-order chi connectivity index (χ1) is 16.6. The quantitative estimate of drug-likeness (QED) is 0.389. The van der Waals surface area contributed by atoms with Crippen molar-refractivity contribution in [1.29, 1.82) is 0 Å². The van der Waals surface area contributed by atoms with Crippen molar-refractivity contribution in [2.75, 3.05) is 32.1 Å². The van der Waals surface area contributed by atoms with Crippen molar-refractivity contribution in [3.05, 3.63) is 107 Å². The first-order valence-corrected chi connectivity index (χ1v) is 11.9. The molecule has 0 bridgehead atoms. The lowest BCUT2D eigenvalue weighted by molar-refractivity contribution is -0.130. The van der Waals surface area contributed by atoms with Crippen LogP contribution in [-0.2, 0) is 11.3 Å². The maximum absolute atomic E-state index is 11.9. The number of rotatable bonds is 4. The van der Waals surface area contributed by atoms with Crippen molar-refractivity contribution in [1.82, 2.24) is 9.80 Å². The van der Waals surface area contributed by atoms with Gasteiger partial charge in [-0.15, -0.1) is 11.6 Å². The number of hydrogen-bond donors (Lipinski definition) is 0. The molecule has 1 amide bonds. The van der Waals surface area contributed by atoms with Gasteiger partial charge in [0.15, 0.2) is 5.43 Å². The van der Waals surface area contributed by atoms with Crippen molar-refractivity contribution in [2.45, 2.75) is 6.54 Å². The molecular formula is C28H27ClN2O3. The molecule has 1 aliphatic heterocycles. The number of hydrogen-bond acceptors (Lipinski definition) is 4. The zero-order valence-electron chi connectivity index (χ0n) is 18.9. The molecule has 6 heteroatoms. The summed E-state index contributed by atoms with van der Waals surface area (Å²) in [6.07, 6.45) is 0. The maximum Gasteiger partial charge on any atom is 0.237 e. The Bertz CT molecular complexity index is 1270. The molecule has 0 atom stereocenters. The van der Waals surface area contributed by atoms with Gasteiger partial charge in [0.2, 0.25) is 5.91 Å². The van der Waals surface area contributed by atoms with E-state index < -0.39 is 0 Å². The summed E-state index contributed by atoms with van der Waals surface area (Å²) in [6.45, 7) is 4.40. The average molecular weight is 475 g/mol. The summed E-state index contributed by atoms with van der Waals surface area (Å²) < 4.78 is 5.73. The Morgan fingerprint density at radius 2 is 1.44 bits per heavy atom. The van der Waals surface area contributed by atoms with Crippen molar-refractivity contribution in [2.24, 2.45) is 0 Å². The van der Waals surface area contributed by atoms with E-state index in [0.29, 0.717) is 16.7 Å². The SMILES string of the molecule is O=C(CCl)N1CCN(Cc2ccccc2)CC1.O=c1cc(-c2ccccc2)oc2ccccc12. The number of para-hydroxylation sites is 1. The monoisotopic (exact) mass is 474 g/mol. The first kappa shape index (κ1) is 23.7. The third kappa shape index (κ3) is 6.13. The smallest absolute Gasteiger partial charge is 0.237 e. The largest absolute Gasteiger partial charge is 0.456 e. The van der Waals surface area contributed by atoms with Crippen molar-refractivity contribution in [3.63, 3.8) is 0 Å². The van der Waals surface area contributed by atoms with Gasteiger partial charge in [0, 0.05) is 44.4 Å². The fourth-order valence-corrected chi connectivity index (χ4v) is 4.10. The Hall–Kier alpha value is -3.41. The van der Waals surface area contributed by atoms with Gasteiger partial charge in [0.1, 0.15) is 17.2 Å². The molecule has 3 aromatic carbocycles. The van der Waals surface area contributed by atoms with E-state index in [-0.39, 0.29) is 17.2 Å². The molecule has 0 spiro atoms. The molecule has 1 aromatic heterocycles. The van der Waals surface area contributed by atoms with Crippen LogP contribution in [0.25, 0.3) is 22.3 Å². The lowest BCUT2D eigenvalue weighted by Crippen LogP contribution is -2.48. The van der Waals surface area contributed by atoms with Gasteiger partial charge >= 0.3 is 0 Å². The number of amides is 1. The molecule has 1 saturated heterocycles. The highest BCUT2D eigenvalue weighted by molar-refractivity contribution is 6.27. The number of halogens is 1. The van der Waals surface area contributed by atoms with Gasteiger partial charge in [0.05, 0.1) is 5.39 Å². The summed E-state index contributed by atoms with van der Waals surface area (Å²) in [5.74, 6) is 0.749. The lowest BCUT2D eigenvalue weighted by Gasteiger charge is -2.34. The van der Waals surface area contributed by atoms with Gasteiger partial charge in [-0.2, -0.15) is 0 Å². The Kier molecular flexibility index (Phi) is 8.12. The highest BCUT2D eigenvalue weighted by Crippen LogP contribution is 2.21. The van der Waals surface area contributed by atoms with E-state index in [1.54, 1.807) is 6.07 Å². The molecule has 0 N–H and O–H groups in total. The fourth-order valence-electron chi connectivity index (χ4n) is 3.93. The zero-order chi connectivity index (χ0) is 23.8. The number of carbonyl (C=O) groups is 1. The Morgan fingerprint density at radius 3 is 2.12 bits per heavy atom. The zero-order valence-corrected chi connectivity index (χ0v) is 19.7. The van der Waals surface area contributed by atoms with Crippen LogP contribution in [-0.4, -0.2) is 47.8 Å². The molecule has 1 fully saturated rings. The van der Waals surface area contributed by atoms with Gasteiger partial charge in [0.25, 0.3) is 0 Å². The highest BCUT2D eigenvalue weighted by atomic mass is 35.5. The van der Waals surface area contributed by atoms with Gasteiger partial charge in [-0.05, 0) is 17.7 Å². The standard InChI is InChI=1S/C15H10O2.C13H17ClN2O/c16-13-10-15(11-6-2-1-3-7-11)17-14-9-5-4-8-12(13)14;14-10-13(17)16-8-6-15(7-9-16)11-12-4-2-1-3-5-12/h1-10H;1-5H,6-11H2. The van der Waals surface area contributed by atoms with Crippen molar-refractivity contribution in [3.8, 4) is 11.3 Å². The Balaban J connectivity index is 0.000000161. The van der Waals surface area contributed by atoms with Gasteiger partial charge in [-0.3, -0.25) is 14.5 Å². The normalized spacial score (nSPS) is 13.9. The van der Waals surface area contributed by atoms with Crippen LogP contribution in [0.4, 0.5) is 0 Å². The lowest BCUT2D eigenvalue weighted by atomic mass is 10.1. The summed E-state index contributed by atoms with van der Waals surface area (Å²) in [5, 5.41) is 0.618. The number of alkyl halides is 1. The summed E-state index contributed by atoms with van der Waals surface area (Å²) in [5.41, 5.74) is 2.85. The number of fused-ring (bicyclic) bond motifs is 1. The number of piperazine rings is 1. The highest BCUT2D eigenvalue weighted by Gasteiger charge is 2.20. The minimum Gasteiger partial charge on any atom is -0.456 e. The van der Waals surface area contributed by atoms with Crippen LogP contribution in [0.2, 0.25) is 0 Å². The second-order valence-corrected chi connectivity index (χ2v) is 8.38. The van der Waals surface area contributed by atoms with E-state index in [9.17, 15) is 9.59 Å².